The van der Waals surface area contributed by atoms with Gasteiger partial charge in [0.1, 0.15) is 5.82 Å². The molecule has 1 amide bonds. The number of fused-ring (bicyclic) bond motifs is 1. The van der Waals surface area contributed by atoms with Crippen molar-refractivity contribution in [2.24, 2.45) is 0 Å². The molecule has 1 heterocycles. The monoisotopic (exact) mass is 190 g/mol. The van der Waals surface area contributed by atoms with Gasteiger partial charge in [-0.15, -0.1) is 0 Å². The van der Waals surface area contributed by atoms with E-state index in [4.69, 9.17) is 0 Å². The summed E-state index contributed by atoms with van der Waals surface area (Å²) in [5, 5.41) is 3.62. The van der Waals surface area contributed by atoms with Gasteiger partial charge in [-0.3, -0.25) is 5.32 Å². The highest BCUT2D eigenvalue weighted by atomic mass is 16.5. The van der Waals surface area contributed by atoms with Gasteiger partial charge in [-0.25, -0.2) is 4.79 Å². The summed E-state index contributed by atoms with van der Waals surface area (Å²) in [6.07, 6.45) is -0.475. The molecule has 0 atom stereocenters. The number of carbonyl (C=O) groups excluding carboxylic acids is 1. The van der Waals surface area contributed by atoms with Gasteiger partial charge in [-0.05, 0) is 12.1 Å². The van der Waals surface area contributed by atoms with Crippen molar-refractivity contribution in [3.8, 4) is 0 Å². The Morgan fingerprint density at radius 3 is 2.93 bits per heavy atom. The lowest BCUT2D eigenvalue weighted by Crippen LogP contribution is -2.10. The number of para-hydroxylation sites is 1. The number of carbonyl (C=O) groups is 1. The Labute approximate surface area is 80.9 Å². The van der Waals surface area contributed by atoms with E-state index in [9.17, 15) is 4.79 Å². The largest absolute Gasteiger partial charge is 0.453 e. The van der Waals surface area contributed by atoms with E-state index in [2.05, 4.69) is 15.0 Å². The molecule has 1 aromatic carbocycles. The summed E-state index contributed by atoms with van der Waals surface area (Å²) < 4.78 is 4.48. The van der Waals surface area contributed by atoms with Crippen LogP contribution in [0, 0.1) is 0 Å². The van der Waals surface area contributed by atoms with Crippen LogP contribution >= 0.6 is 0 Å². The molecule has 2 N–H and O–H groups in total. The molecule has 0 saturated heterocycles. The summed E-state index contributed by atoms with van der Waals surface area (Å²) >= 11 is 0. The molecule has 0 radical (unpaired) electrons. The van der Waals surface area contributed by atoms with Crippen molar-refractivity contribution in [3.05, 3.63) is 30.3 Å². The number of H-pyrrole nitrogens is 1. The zero-order valence-corrected chi connectivity index (χ0v) is 7.70. The Balaban J connectivity index is 2.31. The van der Waals surface area contributed by atoms with Crippen LogP contribution in [0.25, 0.3) is 10.9 Å². The molecule has 14 heavy (non-hydrogen) atoms. The first-order valence-corrected chi connectivity index (χ1v) is 4.22. The maximum atomic E-state index is 10.9. The summed E-state index contributed by atoms with van der Waals surface area (Å²) in [6.45, 7) is 0. The van der Waals surface area contributed by atoms with E-state index < -0.39 is 6.09 Å². The molecule has 2 aromatic rings. The Bertz CT molecular complexity index is 429. The highest BCUT2D eigenvalue weighted by Gasteiger charge is 2.03. The van der Waals surface area contributed by atoms with Crippen molar-refractivity contribution >= 4 is 22.8 Å². The minimum Gasteiger partial charge on any atom is -0.453 e. The number of hydrogen-bond donors (Lipinski definition) is 2. The van der Waals surface area contributed by atoms with Gasteiger partial charge in [0.25, 0.3) is 0 Å². The summed E-state index contributed by atoms with van der Waals surface area (Å²) in [7, 11) is 1.33. The first-order valence-electron chi connectivity index (χ1n) is 4.22. The number of aromatic amines is 1. The first-order chi connectivity index (χ1) is 6.79. The zero-order valence-electron chi connectivity index (χ0n) is 7.70. The van der Waals surface area contributed by atoms with Crippen molar-refractivity contribution in [3.63, 3.8) is 0 Å². The second-order valence-electron chi connectivity index (χ2n) is 2.89. The van der Waals surface area contributed by atoms with Gasteiger partial charge < -0.3 is 9.72 Å². The van der Waals surface area contributed by atoms with Crippen molar-refractivity contribution in [2.75, 3.05) is 12.4 Å². The molecule has 0 fully saturated rings. The molecule has 4 heteroatoms. The fourth-order valence-corrected chi connectivity index (χ4v) is 1.30. The van der Waals surface area contributed by atoms with Gasteiger partial charge in [0.15, 0.2) is 0 Å². The number of rotatable bonds is 1. The molecule has 0 spiro atoms. The SMILES string of the molecule is COC(=O)Nc1cc2ccccc2[nH]1. The molecular formula is C10H10N2O2. The van der Waals surface area contributed by atoms with Gasteiger partial charge in [-0.1, -0.05) is 18.2 Å². The topological polar surface area (TPSA) is 54.1 Å². The fraction of sp³-hybridized carbons (Fsp3) is 0.100. The summed E-state index contributed by atoms with van der Waals surface area (Å²) in [4.78, 5) is 14.0. The third-order valence-electron chi connectivity index (χ3n) is 1.95. The average Bonchev–Trinajstić information content (AvgIpc) is 2.59. The molecule has 1 aromatic heterocycles. The number of hydrogen-bond acceptors (Lipinski definition) is 2. The lowest BCUT2D eigenvalue weighted by atomic mass is 10.2. The van der Waals surface area contributed by atoms with Gasteiger partial charge in [-0.2, -0.15) is 0 Å². The van der Waals surface area contributed by atoms with Crippen LogP contribution in [0.2, 0.25) is 0 Å². The van der Waals surface area contributed by atoms with E-state index in [0.717, 1.165) is 10.9 Å². The van der Waals surface area contributed by atoms with Gasteiger partial charge >= 0.3 is 6.09 Å². The van der Waals surface area contributed by atoms with Crippen LogP contribution in [0.5, 0.6) is 0 Å². The van der Waals surface area contributed by atoms with E-state index in [1.54, 1.807) is 0 Å². The molecule has 0 unspecified atom stereocenters. The van der Waals surface area contributed by atoms with Crippen LogP contribution < -0.4 is 5.32 Å². The molecule has 72 valence electrons. The average molecular weight is 190 g/mol. The molecule has 2 rings (SSSR count). The molecule has 0 aliphatic rings. The molecule has 0 aliphatic carbocycles. The number of aromatic nitrogens is 1. The first kappa shape index (κ1) is 8.62. The minimum absolute atomic E-state index is 0.475. The van der Waals surface area contributed by atoms with E-state index in [1.807, 2.05) is 30.3 Å². The van der Waals surface area contributed by atoms with Crippen LogP contribution in [-0.2, 0) is 4.74 Å². The quantitative estimate of drug-likeness (QED) is 0.725. The van der Waals surface area contributed by atoms with Crippen molar-refractivity contribution in [1.82, 2.24) is 4.98 Å². The number of amides is 1. The summed E-state index contributed by atoms with van der Waals surface area (Å²) in [5.74, 6) is 0.637. The Kier molecular flexibility index (Phi) is 2.10. The Morgan fingerprint density at radius 1 is 1.43 bits per heavy atom. The molecule has 0 bridgehead atoms. The van der Waals surface area contributed by atoms with E-state index >= 15 is 0 Å². The molecular weight excluding hydrogens is 180 g/mol. The lowest BCUT2D eigenvalue weighted by Gasteiger charge is -1.98. The standard InChI is InChI=1S/C10H10N2O2/c1-14-10(13)12-9-6-7-4-2-3-5-8(7)11-9/h2-6,11H,1H3,(H,12,13). The molecule has 0 saturated carbocycles. The van der Waals surface area contributed by atoms with Gasteiger partial charge in [0.05, 0.1) is 7.11 Å². The zero-order chi connectivity index (χ0) is 9.97. The van der Waals surface area contributed by atoms with Crippen LogP contribution in [0.4, 0.5) is 10.6 Å². The maximum Gasteiger partial charge on any atom is 0.412 e. The predicted octanol–water partition coefficient (Wildman–Crippen LogP) is 2.35. The summed E-state index contributed by atoms with van der Waals surface area (Å²) in [5.41, 5.74) is 0.985. The molecule has 0 aliphatic heterocycles. The Hall–Kier alpha value is -1.97. The van der Waals surface area contributed by atoms with Crippen LogP contribution in [-0.4, -0.2) is 18.2 Å². The highest BCUT2D eigenvalue weighted by Crippen LogP contribution is 2.17. The predicted molar refractivity (Wildman–Crippen MR) is 54.3 cm³/mol. The number of anilines is 1. The van der Waals surface area contributed by atoms with Crippen molar-refractivity contribution in [2.45, 2.75) is 0 Å². The minimum atomic E-state index is -0.475. The fourth-order valence-electron chi connectivity index (χ4n) is 1.30. The van der Waals surface area contributed by atoms with Crippen LogP contribution in [0.3, 0.4) is 0 Å². The smallest absolute Gasteiger partial charge is 0.412 e. The van der Waals surface area contributed by atoms with Gasteiger partial charge in [0, 0.05) is 10.9 Å². The van der Waals surface area contributed by atoms with Crippen molar-refractivity contribution in [1.29, 1.82) is 0 Å². The van der Waals surface area contributed by atoms with Gasteiger partial charge in [0.2, 0.25) is 0 Å². The lowest BCUT2D eigenvalue weighted by molar-refractivity contribution is 0.187. The molecule has 4 nitrogen and oxygen atoms in total. The number of ether oxygens (including phenoxy) is 1. The third-order valence-corrected chi connectivity index (χ3v) is 1.95. The maximum absolute atomic E-state index is 10.9. The van der Waals surface area contributed by atoms with E-state index in [-0.39, 0.29) is 0 Å². The Morgan fingerprint density at radius 2 is 2.21 bits per heavy atom. The number of methoxy groups -OCH3 is 1. The summed E-state index contributed by atoms with van der Waals surface area (Å²) in [6, 6.07) is 9.64. The van der Waals surface area contributed by atoms with E-state index in [0.29, 0.717) is 5.82 Å². The highest BCUT2D eigenvalue weighted by molar-refractivity contribution is 5.90. The van der Waals surface area contributed by atoms with E-state index in [1.165, 1.54) is 7.11 Å². The third kappa shape index (κ3) is 1.54. The van der Waals surface area contributed by atoms with Crippen LogP contribution in [0.15, 0.2) is 30.3 Å². The second-order valence-corrected chi connectivity index (χ2v) is 2.89. The second kappa shape index (κ2) is 3.41. The van der Waals surface area contributed by atoms with Crippen molar-refractivity contribution < 1.29 is 9.53 Å². The normalized spacial score (nSPS) is 10.1. The van der Waals surface area contributed by atoms with Crippen LogP contribution in [0.1, 0.15) is 0 Å². The number of nitrogens with one attached hydrogen (secondary N) is 2. The number of benzene rings is 1.